The maximum atomic E-state index is 15.5. The Morgan fingerprint density at radius 2 is 1.60 bits per heavy atom. The van der Waals surface area contributed by atoms with E-state index in [9.17, 15) is 23.1 Å². The van der Waals surface area contributed by atoms with Crippen molar-refractivity contribution in [3.8, 4) is 0 Å². The first-order valence-corrected chi connectivity index (χ1v) is 20.2. The van der Waals surface area contributed by atoms with Crippen LogP contribution in [-0.4, -0.2) is 53.8 Å². The minimum absolute atomic E-state index is 0.0388. The van der Waals surface area contributed by atoms with Gasteiger partial charge in [0.1, 0.15) is 11.9 Å². The van der Waals surface area contributed by atoms with Crippen molar-refractivity contribution < 1.29 is 27.5 Å². The van der Waals surface area contributed by atoms with Crippen LogP contribution in [0.1, 0.15) is 57.0 Å². The van der Waals surface area contributed by atoms with Gasteiger partial charge >= 0.3 is 0 Å². The largest absolute Gasteiger partial charge is 0.394 e. The summed E-state index contributed by atoms with van der Waals surface area (Å²) in [6, 6.07) is 29.9. The van der Waals surface area contributed by atoms with E-state index in [1.54, 1.807) is 103 Å². The smallest absolute Gasteiger partial charge is 0.251 e. The van der Waals surface area contributed by atoms with Gasteiger partial charge in [-0.2, -0.15) is 4.31 Å². The molecule has 3 N–H and O–H groups in total. The van der Waals surface area contributed by atoms with Gasteiger partial charge in [-0.1, -0.05) is 80.6 Å². The Balaban J connectivity index is 1.28. The zero-order valence-corrected chi connectivity index (χ0v) is 31.5. The second-order valence-electron chi connectivity index (χ2n) is 12.9. The molecule has 0 aliphatic rings. The molecule has 0 aliphatic carbocycles. The number of benzene rings is 4. The molecule has 6 rings (SSSR count). The summed E-state index contributed by atoms with van der Waals surface area (Å²) in [7, 11) is -4.03. The quantitative estimate of drug-likeness (QED) is 0.102. The number of carbonyl (C=O) groups is 2. The molecule has 53 heavy (non-hydrogen) atoms. The van der Waals surface area contributed by atoms with Gasteiger partial charge < -0.3 is 15.7 Å². The molecule has 2 aromatic heterocycles. The van der Waals surface area contributed by atoms with Gasteiger partial charge in [0.05, 0.1) is 39.8 Å². The van der Waals surface area contributed by atoms with Crippen molar-refractivity contribution in [1.29, 1.82) is 0 Å². The summed E-state index contributed by atoms with van der Waals surface area (Å²) in [5.41, 5.74) is 3.60. The second-order valence-corrected chi connectivity index (χ2v) is 16.9. The average molecular weight is 771 g/mol. The molecule has 274 valence electrons. The molecule has 0 aliphatic heterocycles. The Hall–Kier alpha value is -4.79. The van der Waals surface area contributed by atoms with Crippen LogP contribution >= 0.6 is 22.7 Å². The van der Waals surface area contributed by atoms with Crippen LogP contribution in [-0.2, 0) is 21.4 Å². The van der Waals surface area contributed by atoms with Crippen LogP contribution in [0.4, 0.5) is 4.39 Å². The number of aliphatic hydroxyl groups excluding tert-OH is 1. The average Bonchev–Trinajstić information content (AvgIpc) is 3.84. The Kier molecular flexibility index (Phi) is 12.1. The van der Waals surface area contributed by atoms with E-state index in [1.165, 1.54) is 39.1 Å². The third kappa shape index (κ3) is 8.72. The molecule has 2 amide bonds. The number of rotatable bonds is 15. The van der Waals surface area contributed by atoms with E-state index in [0.29, 0.717) is 26.4 Å². The van der Waals surface area contributed by atoms with Gasteiger partial charge in [-0.25, -0.2) is 17.8 Å². The van der Waals surface area contributed by atoms with Gasteiger partial charge in [-0.3, -0.25) is 9.59 Å². The van der Waals surface area contributed by atoms with E-state index >= 15 is 4.39 Å². The van der Waals surface area contributed by atoms with E-state index < -0.39 is 52.3 Å². The number of nitrogens with zero attached hydrogens (tertiary/aromatic N) is 2. The predicted molar refractivity (Wildman–Crippen MR) is 207 cm³/mol. The second kappa shape index (κ2) is 16.9. The molecule has 3 unspecified atom stereocenters. The summed E-state index contributed by atoms with van der Waals surface area (Å²) in [4.78, 5) is 33.4. The molecule has 0 saturated carbocycles. The number of nitrogens with one attached hydrogen (secondary N) is 2. The molecule has 9 nitrogen and oxygen atoms in total. The number of aromatic nitrogens is 1. The van der Waals surface area contributed by atoms with E-state index in [4.69, 9.17) is 0 Å². The summed E-state index contributed by atoms with van der Waals surface area (Å²) in [5.74, 6) is -2.46. The fraction of sp³-hybridized carbons (Fsp3) is 0.225. The number of hydrogen-bond donors (Lipinski definition) is 3. The normalized spacial score (nSPS) is 13.5. The summed E-state index contributed by atoms with van der Waals surface area (Å²) in [6.07, 6.45) is 0. The summed E-state index contributed by atoms with van der Waals surface area (Å²) < 4.78 is 45.7. The molecular weight excluding hydrogens is 732 g/mol. The summed E-state index contributed by atoms with van der Waals surface area (Å²) in [6.45, 7) is 3.57. The minimum Gasteiger partial charge on any atom is -0.394 e. The van der Waals surface area contributed by atoms with Crippen molar-refractivity contribution >= 4 is 54.7 Å². The van der Waals surface area contributed by atoms with Gasteiger partial charge in [0.2, 0.25) is 15.9 Å². The number of thiazole rings is 1. The number of hydrogen-bond acceptors (Lipinski definition) is 8. The molecular formula is C40H39FN4O5S3. The number of thiophene rings is 1. The number of aliphatic hydroxyl groups is 1. The highest BCUT2D eigenvalue weighted by Crippen LogP contribution is 2.35. The molecule has 6 aromatic rings. The fourth-order valence-electron chi connectivity index (χ4n) is 6.21. The van der Waals surface area contributed by atoms with Gasteiger partial charge in [-0.05, 0) is 65.6 Å². The number of sulfonamides is 1. The Bertz CT molecular complexity index is 2280. The zero-order valence-electron chi connectivity index (χ0n) is 29.1. The minimum atomic E-state index is -4.03. The Labute approximate surface area is 316 Å². The van der Waals surface area contributed by atoms with Crippen molar-refractivity contribution in [3.05, 3.63) is 153 Å². The molecule has 0 spiro atoms. The van der Waals surface area contributed by atoms with Crippen LogP contribution in [0.5, 0.6) is 0 Å². The molecule has 0 bridgehead atoms. The van der Waals surface area contributed by atoms with Crippen molar-refractivity contribution in [3.63, 3.8) is 0 Å². The van der Waals surface area contributed by atoms with Crippen LogP contribution in [0.25, 0.3) is 10.2 Å². The molecule has 2 heterocycles. The number of carbonyl (C=O) groups excluding carboxylic acids is 2. The molecule has 3 atom stereocenters. The van der Waals surface area contributed by atoms with E-state index in [2.05, 4.69) is 15.6 Å². The SMILES string of the molecule is CC(C)CN(C(CO)c1ccc(CNC(=O)C(NC(=O)c2ccccc2)C(c2ccccc2)c2ccccc2F)s1)S(=O)(=O)c1ccc2ncsc2c1. The third-order valence-corrected chi connectivity index (χ3v) is 12.6. The van der Waals surface area contributed by atoms with Crippen LogP contribution in [0.2, 0.25) is 0 Å². The van der Waals surface area contributed by atoms with Gasteiger partial charge in [0.25, 0.3) is 5.91 Å². The lowest BCUT2D eigenvalue weighted by Crippen LogP contribution is -2.50. The van der Waals surface area contributed by atoms with Crippen LogP contribution in [0.3, 0.4) is 0 Å². The molecule has 13 heteroatoms. The lowest BCUT2D eigenvalue weighted by atomic mass is 9.84. The monoisotopic (exact) mass is 770 g/mol. The fourth-order valence-corrected chi connectivity index (χ4v) is 9.92. The molecule has 4 aromatic carbocycles. The summed E-state index contributed by atoms with van der Waals surface area (Å²) >= 11 is 2.62. The highest BCUT2D eigenvalue weighted by molar-refractivity contribution is 7.89. The van der Waals surface area contributed by atoms with Gasteiger partial charge in [-0.15, -0.1) is 22.7 Å². The maximum absolute atomic E-state index is 15.5. The number of fused-ring (bicyclic) bond motifs is 1. The topological polar surface area (TPSA) is 129 Å². The van der Waals surface area contributed by atoms with Crippen molar-refractivity contribution in [2.75, 3.05) is 13.2 Å². The Morgan fingerprint density at radius 1 is 0.906 bits per heavy atom. The highest BCUT2D eigenvalue weighted by atomic mass is 32.2. The van der Waals surface area contributed by atoms with Gasteiger partial charge in [0, 0.05) is 27.8 Å². The third-order valence-electron chi connectivity index (χ3n) is 8.76. The highest BCUT2D eigenvalue weighted by Gasteiger charge is 2.36. The van der Waals surface area contributed by atoms with Crippen LogP contribution < -0.4 is 10.6 Å². The first-order valence-electron chi connectivity index (χ1n) is 17.0. The molecule has 0 fully saturated rings. The van der Waals surface area contributed by atoms with Crippen LogP contribution in [0.15, 0.2) is 126 Å². The lowest BCUT2D eigenvalue weighted by molar-refractivity contribution is -0.123. The van der Waals surface area contributed by atoms with Crippen LogP contribution in [0, 0.1) is 11.7 Å². The van der Waals surface area contributed by atoms with E-state index in [0.717, 1.165) is 4.70 Å². The van der Waals surface area contributed by atoms with E-state index in [1.807, 2.05) is 19.9 Å². The number of amides is 2. The predicted octanol–water partition coefficient (Wildman–Crippen LogP) is 7.12. The van der Waals surface area contributed by atoms with Crippen molar-refractivity contribution in [1.82, 2.24) is 19.9 Å². The summed E-state index contributed by atoms with van der Waals surface area (Å²) in [5, 5.41) is 16.5. The lowest BCUT2D eigenvalue weighted by Gasteiger charge is -2.30. The van der Waals surface area contributed by atoms with Crippen molar-refractivity contribution in [2.45, 2.75) is 43.3 Å². The Morgan fingerprint density at radius 3 is 2.30 bits per heavy atom. The number of halogens is 1. The standard InChI is InChI=1S/C40H39FN4O5S3/c1-26(2)23-45(53(49,50)30-18-19-33-36(21-30)51-25-43-33)34(24-46)35-20-17-29(52-35)22-42-40(48)38(44-39(47)28-13-7-4-8-14-28)37(27-11-5-3-6-12-27)31-15-9-10-16-32(31)41/h3-21,25-26,34,37-38,46H,22-24H2,1-2H3,(H,42,48)(H,44,47). The van der Waals surface area contributed by atoms with E-state index in [-0.39, 0.29) is 29.5 Å². The first kappa shape index (κ1) is 38.0. The maximum Gasteiger partial charge on any atom is 0.251 e. The zero-order chi connectivity index (χ0) is 37.5. The van der Waals surface area contributed by atoms with Gasteiger partial charge in [0.15, 0.2) is 0 Å². The van der Waals surface area contributed by atoms with Crippen molar-refractivity contribution in [2.24, 2.45) is 5.92 Å². The molecule has 0 saturated heterocycles. The first-order chi connectivity index (χ1) is 25.6. The molecule has 0 radical (unpaired) electrons.